The lowest BCUT2D eigenvalue weighted by molar-refractivity contribution is 0.548. The minimum atomic E-state index is -0.297. The molecule has 0 aliphatic carbocycles. The van der Waals surface area contributed by atoms with Gasteiger partial charge in [0.25, 0.3) is 0 Å². The average Bonchev–Trinajstić information content (AvgIpc) is 2.41. The van der Waals surface area contributed by atoms with Crippen LogP contribution in [0, 0.1) is 12.7 Å². The SMILES string of the molecule is CCNC(Cc1ccc(F)cc1Cl)c1cccc(C)c1. The van der Waals surface area contributed by atoms with E-state index < -0.39 is 0 Å². The zero-order valence-corrected chi connectivity index (χ0v) is 12.5. The Balaban J connectivity index is 2.25. The lowest BCUT2D eigenvalue weighted by Gasteiger charge is -2.19. The topological polar surface area (TPSA) is 12.0 Å². The first-order valence-electron chi connectivity index (χ1n) is 6.84. The van der Waals surface area contributed by atoms with Gasteiger partial charge in [0, 0.05) is 11.1 Å². The third-order valence-corrected chi connectivity index (χ3v) is 3.69. The van der Waals surface area contributed by atoms with Gasteiger partial charge in [0.1, 0.15) is 5.82 Å². The van der Waals surface area contributed by atoms with Crippen molar-refractivity contribution in [1.29, 1.82) is 0 Å². The molecule has 0 aliphatic rings. The van der Waals surface area contributed by atoms with Crippen LogP contribution in [0.25, 0.3) is 0 Å². The van der Waals surface area contributed by atoms with Crippen LogP contribution in [0.2, 0.25) is 5.02 Å². The zero-order chi connectivity index (χ0) is 14.5. The summed E-state index contributed by atoms with van der Waals surface area (Å²) in [5, 5.41) is 3.95. The summed E-state index contributed by atoms with van der Waals surface area (Å²) in [5.41, 5.74) is 3.42. The Hall–Kier alpha value is -1.38. The number of likely N-dealkylation sites (N-methyl/N-ethyl adjacent to an activating group) is 1. The number of benzene rings is 2. The van der Waals surface area contributed by atoms with Crippen LogP contribution in [0.3, 0.4) is 0 Å². The van der Waals surface area contributed by atoms with Gasteiger partial charge in [-0.25, -0.2) is 4.39 Å². The highest BCUT2D eigenvalue weighted by Gasteiger charge is 2.13. The van der Waals surface area contributed by atoms with E-state index in [1.165, 1.54) is 23.3 Å². The Labute approximate surface area is 124 Å². The van der Waals surface area contributed by atoms with Crippen molar-refractivity contribution in [2.24, 2.45) is 0 Å². The first-order chi connectivity index (χ1) is 9.60. The van der Waals surface area contributed by atoms with Gasteiger partial charge in [0.15, 0.2) is 0 Å². The molecule has 0 fully saturated rings. The monoisotopic (exact) mass is 291 g/mol. The maximum absolute atomic E-state index is 13.1. The number of hydrogen-bond acceptors (Lipinski definition) is 1. The number of hydrogen-bond donors (Lipinski definition) is 1. The van der Waals surface area contributed by atoms with E-state index in [1.54, 1.807) is 6.07 Å². The molecule has 3 heteroatoms. The second-order valence-electron chi connectivity index (χ2n) is 4.96. The molecule has 2 aromatic carbocycles. The van der Waals surface area contributed by atoms with E-state index >= 15 is 0 Å². The molecule has 0 saturated heterocycles. The van der Waals surface area contributed by atoms with Crippen LogP contribution in [-0.2, 0) is 6.42 Å². The Kier molecular flexibility index (Phi) is 5.16. The van der Waals surface area contributed by atoms with Crippen molar-refractivity contribution in [2.75, 3.05) is 6.54 Å². The fourth-order valence-corrected chi connectivity index (χ4v) is 2.59. The highest BCUT2D eigenvalue weighted by Crippen LogP contribution is 2.24. The lowest BCUT2D eigenvalue weighted by atomic mass is 9.97. The molecule has 106 valence electrons. The van der Waals surface area contributed by atoms with Gasteiger partial charge in [-0.2, -0.15) is 0 Å². The summed E-state index contributed by atoms with van der Waals surface area (Å²) in [4.78, 5) is 0. The molecular weight excluding hydrogens is 273 g/mol. The highest BCUT2D eigenvalue weighted by atomic mass is 35.5. The van der Waals surface area contributed by atoms with Crippen molar-refractivity contribution in [3.63, 3.8) is 0 Å². The molecule has 0 aliphatic heterocycles. The summed E-state index contributed by atoms with van der Waals surface area (Å²) in [7, 11) is 0. The first-order valence-corrected chi connectivity index (χ1v) is 7.22. The molecule has 0 heterocycles. The van der Waals surface area contributed by atoms with Gasteiger partial charge < -0.3 is 5.32 Å². The molecule has 2 rings (SSSR count). The predicted octanol–water partition coefficient (Wildman–Crippen LogP) is 4.68. The van der Waals surface area contributed by atoms with Crippen LogP contribution in [0.1, 0.15) is 29.7 Å². The normalized spacial score (nSPS) is 12.4. The van der Waals surface area contributed by atoms with Crippen molar-refractivity contribution < 1.29 is 4.39 Å². The molecule has 0 aromatic heterocycles. The lowest BCUT2D eigenvalue weighted by Crippen LogP contribution is -2.23. The maximum atomic E-state index is 13.1. The molecule has 0 amide bonds. The van der Waals surface area contributed by atoms with E-state index in [2.05, 4.69) is 43.4 Å². The number of aryl methyl sites for hydroxylation is 1. The molecule has 1 atom stereocenters. The van der Waals surface area contributed by atoms with Crippen LogP contribution >= 0.6 is 11.6 Å². The van der Waals surface area contributed by atoms with Gasteiger partial charge in [0.05, 0.1) is 0 Å². The van der Waals surface area contributed by atoms with Crippen LogP contribution in [0.4, 0.5) is 4.39 Å². The molecule has 0 radical (unpaired) electrons. The summed E-state index contributed by atoms with van der Waals surface area (Å²) >= 11 is 6.12. The van der Waals surface area contributed by atoms with E-state index in [0.29, 0.717) is 5.02 Å². The Morgan fingerprint density at radius 1 is 1.20 bits per heavy atom. The van der Waals surface area contributed by atoms with Gasteiger partial charge in [-0.3, -0.25) is 0 Å². The second-order valence-corrected chi connectivity index (χ2v) is 5.37. The van der Waals surface area contributed by atoms with Crippen LogP contribution in [-0.4, -0.2) is 6.54 Å². The van der Waals surface area contributed by atoms with Gasteiger partial charge in [-0.05, 0) is 43.1 Å². The predicted molar refractivity (Wildman–Crippen MR) is 82.7 cm³/mol. The smallest absolute Gasteiger partial charge is 0.124 e. The van der Waals surface area contributed by atoms with E-state index in [1.807, 2.05) is 0 Å². The summed E-state index contributed by atoms with van der Waals surface area (Å²) in [6.07, 6.45) is 0.746. The number of halogens is 2. The van der Waals surface area contributed by atoms with E-state index in [0.717, 1.165) is 18.5 Å². The molecule has 20 heavy (non-hydrogen) atoms. The maximum Gasteiger partial charge on any atom is 0.124 e. The van der Waals surface area contributed by atoms with E-state index in [4.69, 9.17) is 11.6 Å². The van der Waals surface area contributed by atoms with Gasteiger partial charge >= 0.3 is 0 Å². The molecule has 2 aromatic rings. The summed E-state index contributed by atoms with van der Waals surface area (Å²) < 4.78 is 13.1. The largest absolute Gasteiger partial charge is 0.310 e. The van der Waals surface area contributed by atoms with Crippen LogP contribution in [0.15, 0.2) is 42.5 Å². The van der Waals surface area contributed by atoms with E-state index in [9.17, 15) is 4.39 Å². The third kappa shape index (κ3) is 3.81. The molecule has 0 saturated carbocycles. The van der Waals surface area contributed by atoms with Gasteiger partial charge in [-0.15, -0.1) is 0 Å². The fourth-order valence-electron chi connectivity index (χ4n) is 2.35. The standard InChI is InChI=1S/C17H19ClFN/c1-3-20-17(14-6-4-5-12(2)9-14)10-13-7-8-15(19)11-16(13)18/h4-9,11,17,20H,3,10H2,1-2H3. The van der Waals surface area contributed by atoms with Gasteiger partial charge in [-0.1, -0.05) is 54.4 Å². The Bertz CT molecular complexity index is 583. The minimum Gasteiger partial charge on any atom is -0.310 e. The summed E-state index contributed by atoms with van der Waals surface area (Å²) in [5.74, 6) is -0.297. The first kappa shape index (κ1) is 15.0. The van der Waals surface area contributed by atoms with Gasteiger partial charge in [0.2, 0.25) is 0 Å². The van der Waals surface area contributed by atoms with E-state index in [-0.39, 0.29) is 11.9 Å². The second kappa shape index (κ2) is 6.87. The fraction of sp³-hybridized carbons (Fsp3) is 0.294. The van der Waals surface area contributed by atoms with Crippen molar-refractivity contribution in [3.05, 3.63) is 70.0 Å². The minimum absolute atomic E-state index is 0.183. The van der Waals surface area contributed by atoms with Crippen molar-refractivity contribution in [2.45, 2.75) is 26.3 Å². The average molecular weight is 292 g/mol. The third-order valence-electron chi connectivity index (χ3n) is 3.33. The van der Waals surface area contributed by atoms with Crippen LogP contribution < -0.4 is 5.32 Å². The molecule has 1 nitrogen and oxygen atoms in total. The van der Waals surface area contributed by atoms with Crippen molar-refractivity contribution in [3.8, 4) is 0 Å². The number of nitrogens with one attached hydrogen (secondary N) is 1. The molecule has 1 N–H and O–H groups in total. The van der Waals surface area contributed by atoms with Crippen LogP contribution in [0.5, 0.6) is 0 Å². The highest BCUT2D eigenvalue weighted by molar-refractivity contribution is 6.31. The molecule has 0 bridgehead atoms. The van der Waals surface area contributed by atoms with Crippen molar-refractivity contribution in [1.82, 2.24) is 5.32 Å². The summed E-state index contributed by atoms with van der Waals surface area (Å²) in [6, 6.07) is 13.2. The Morgan fingerprint density at radius 2 is 2.00 bits per heavy atom. The van der Waals surface area contributed by atoms with Crippen molar-refractivity contribution >= 4 is 11.6 Å². The molecule has 1 unspecified atom stereocenters. The molecule has 0 spiro atoms. The number of rotatable bonds is 5. The Morgan fingerprint density at radius 3 is 2.65 bits per heavy atom. The quantitative estimate of drug-likeness (QED) is 0.843. The summed E-state index contributed by atoms with van der Waals surface area (Å²) in [6.45, 7) is 5.03. The zero-order valence-electron chi connectivity index (χ0n) is 11.8. The molecular formula is C17H19ClFN.